The number of carbonyl (C=O) groups is 2. The molecule has 0 saturated heterocycles. The minimum Gasteiger partial charge on any atom is -0.348 e. The standard InChI is InChI=1S/C29H37NO2/c1-27(2)22-11-12-23-21(14-16-29(4)25(31)15-17-28(23,29)3)18-20(22)10-13-24(27)30-26(32)19-8-6-5-7-9-19/h5-10,14,22-24H,11-13,15-18H2,1-4H3,(H,30,32). The van der Waals surface area contributed by atoms with E-state index in [1.165, 1.54) is 0 Å². The predicted molar refractivity (Wildman–Crippen MR) is 128 cm³/mol. The van der Waals surface area contributed by atoms with Gasteiger partial charge in [-0.2, -0.15) is 0 Å². The van der Waals surface area contributed by atoms with Crippen LogP contribution in [-0.4, -0.2) is 17.7 Å². The third-order valence-electron chi connectivity index (χ3n) is 10.1. The average molecular weight is 432 g/mol. The van der Waals surface area contributed by atoms with Crippen LogP contribution in [-0.2, 0) is 4.79 Å². The molecule has 3 heteroatoms. The van der Waals surface area contributed by atoms with Crippen molar-refractivity contribution in [2.45, 2.75) is 78.7 Å². The van der Waals surface area contributed by atoms with Crippen molar-refractivity contribution in [3.05, 3.63) is 59.2 Å². The van der Waals surface area contributed by atoms with Crippen LogP contribution in [0.2, 0.25) is 0 Å². The summed E-state index contributed by atoms with van der Waals surface area (Å²) in [7, 11) is 0. The van der Waals surface area contributed by atoms with Crippen molar-refractivity contribution in [1.82, 2.24) is 5.32 Å². The molecule has 3 nitrogen and oxygen atoms in total. The molecular weight excluding hydrogens is 394 g/mol. The molecule has 0 heterocycles. The normalized spacial score (nSPS) is 37.9. The lowest BCUT2D eigenvalue weighted by Gasteiger charge is -2.49. The van der Waals surface area contributed by atoms with E-state index in [0.717, 1.165) is 50.5 Å². The molecule has 32 heavy (non-hydrogen) atoms. The van der Waals surface area contributed by atoms with Gasteiger partial charge in [-0.3, -0.25) is 9.59 Å². The van der Waals surface area contributed by atoms with Crippen LogP contribution in [0.15, 0.2) is 53.6 Å². The summed E-state index contributed by atoms with van der Waals surface area (Å²) in [6, 6.07) is 9.68. The molecule has 170 valence electrons. The van der Waals surface area contributed by atoms with Crippen molar-refractivity contribution in [2.24, 2.45) is 28.1 Å². The van der Waals surface area contributed by atoms with Gasteiger partial charge in [0.15, 0.2) is 0 Å². The second kappa shape index (κ2) is 7.43. The number of fused-ring (bicyclic) bond motifs is 4. The molecule has 2 fully saturated rings. The van der Waals surface area contributed by atoms with Crippen molar-refractivity contribution in [2.75, 3.05) is 0 Å². The Kier molecular flexibility index (Phi) is 5.03. The zero-order valence-corrected chi connectivity index (χ0v) is 20.0. The SMILES string of the molecule is CC1(C)C(NC(=O)c2ccccc2)CC=C2CC3=CCC4(C)C(=O)CCC4(C)C3CCC21. The average Bonchev–Trinajstić information content (AvgIpc) is 2.92. The zero-order chi connectivity index (χ0) is 22.7. The molecule has 4 aliphatic carbocycles. The van der Waals surface area contributed by atoms with Gasteiger partial charge >= 0.3 is 0 Å². The summed E-state index contributed by atoms with van der Waals surface area (Å²) in [5.74, 6) is 1.47. The van der Waals surface area contributed by atoms with Crippen LogP contribution >= 0.6 is 0 Å². The van der Waals surface area contributed by atoms with Gasteiger partial charge in [0.2, 0.25) is 0 Å². The van der Waals surface area contributed by atoms with Crippen LogP contribution in [0.25, 0.3) is 0 Å². The van der Waals surface area contributed by atoms with Gasteiger partial charge in [0, 0.05) is 23.4 Å². The number of Topliss-reactive ketones (excluding diaryl/α,β-unsaturated/α-hetero) is 1. The van der Waals surface area contributed by atoms with E-state index >= 15 is 0 Å². The number of nitrogens with one attached hydrogen (secondary N) is 1. The fraction of sp³-hybridized carbons (Fsp3) is 0.586. The van der Waals surface area contributed by atoms with Crippen LogP contribution in [0.4, 0.5) is 0 Å². The molecule has 0 spiro atoms. The molecule has 1 N–H and O–H groups in total. The molecule has 0 radical (unpaired) electrons. The van der Waals surface area contributed by atoms with E-state index in [1.54, 1.807) is 11.1 Å². The molecule has 4 aliphatic rings. The summed E-state index contributed by atoms with van der Waals surface area (Å²) in [4.78, 5) is 25.7. The Morgan fingerprint density at radius 3 is 2.41 bits per heavy atom. The van der Waals surface area contributed by atoms with Crippen molar-refractivity contribution < 1.29 is 9.59 Å². The van der Waals surface area contributed by atoms with Gasteiger partial charge in [0.1, 0.15) is 5.78 Å². The Morgan fingerprint density at radius 2 is 1.66 bits per heavy atom. The van der Waals surface area contributed by atoms with Crippen molar-refractivity contribution in [3.8, 4) is 0 Å². The lowest BCUT2D eigenvalue weighted by Crippen LogP contribution is -2.50. The highest BCUT2D eigenvalue weighted by molar-refractivity contribution is 5.94. The van der Waals surface area contributed by atoms with E-state index in [1.807, 2.05) is 30.3 Å². The Balaban J connectivity index is 1.40. The number of ketones is 1. The minimum atomic E-state index is -0.188. The third kappa shape index (κ3) is 3.07. The van der Waals surface area contributed by atoms with E-state index in [-0.39, 0.29) is 28.2 Å². The third-order valence-corrected chi connectivity index (χ3v) is 10.1. The minimum absolute atomic E-state index is 0.00171. The monoisotopic (exact) mass is 431 g/mol. The van der Waals surface area contributed by atoms with E-state index < -0.39 is 0 Å². The Labute approximate surface area is 192 Å². The number of benzene rings is 1. The van der Waals surface area contributed by atoms with Gasteiger partial charge in [0.25, 0.3) is 5.91 Å². The topological polar surface area (TPSA) is 46.2 Å². The highest BCUT2D eigenvalue weighted by Gasteiger charge is 2.60. The molecule has 1 aromatic rings. The van der Waals surface area contributed by atoms with Crippen LogP contribution < -0.4 is 5.32 Å². The van der Waals surface area contributed by atoms with Gasteiger partial charge in [-0.05, 0) is 73.3 Å². The molecule has 0 aliphatic heterocycles. The Morgan fingerprint density at radius 1 is 0.969 bits per heavy atom. The van der Waals surface area contributed by atoms with Crippen molar-refractivity contribution >= 4 is 11.7 Å². The second-order valence-corrected chi connectivity index (χ2v) is 11.7. The summed E-state index contributed by atoms with van der Waals surface area (Å²) in [5, 5.41) is 3.36. The molecule has 1 amide bonds. The van der Waals surface area contributed by atoms with Crippen LogP contribution in [0, 0.1) is 28.1 Å². The number of rotatable bonds is 2. The van der Waals surface area contributed by atoms with Crippen molar-refractivity contribution in [3.63, 3.8) is 0 Å². The zero-order valence-electron chi connectivity index (χ0n) is 20.0. The maximum atomic E-state index is 12.9. The van der Waals surface area contributed by atoms with Crippen LogP contribution in [0.5, 0.6) is 0 Å². The number of carbonyl (C=O) groups excluding carboxylic acids is 2. The predicted octanol–water partition coefficient (Wildman–Crippen LogP) is 6.26. The van der Waals surface area contributed by atoms with E-state index in [9.17, 15) is 9.59 Å². The summed E-state index contributed by atoms with van der Waals surface area (Å²) in [6.07, 6.45) is 11.8. The lowest BCUT2D eigenvalue weighted by molar-refractivity contribution is -0.130. The van der Waals surface area contributed by atoms with Gasteiger partial charge in [-0.25, -0.2) is 0 Å². The van der Waals surface area contributed by atoms with Crippen LogP contribution in [0.3, 0.4) is 0 Å². The number of amides is 1. The summed E-state index contributed by atoms with van der Waals surface area (Å²) >= 11 is 0. The Bertz CT molecular complexity index is 1000. The van der Waals surface area contributed by atoms with Gasteiger partial charge in [-0.15, -0.1) is 0 Å². The first-order valence-electron chi connectivity index (χ1n) is 12.4. The fourth-order valence-corrected chi connectivity index (χ4v) is 7.57. The number of allylic oxidation sites excluding steroid dienone is 3. The smallest absolute Gasteiger partial charge is 0.251 e. The summed E-state index contributed by atoms with van der Waals surface area (Å²) in [6.45, 7) is 9.31. The fourth-order valence-electron chi connectivity index (χ4n) is 7.57. The first-order valence-corrected chi connectivity index (χ1v) is 12.4. The quantitative estimate of drug-likeness (QED) is 0.562. The molecule has 5 rings (SSSR count). The number of hydrogen-bond donors (Lipinski definition) is 1. The molecular formula is C29H37NO2. The molecule has 5 atom stereocenters. The first-order chi connectivity index (χ1) is 15.2. The first kappa shape index (κ1) is 21.7. The molecule has 1 aromatic carbocycles. The van der Waals surface area contributed by atoms with E-state index in [2.05, 4.69) is 45.2 Å². The van der Waals surface area contributed by atoms with Crippen molar-refractivity contribution in [1.29, 1.82) is 0 Å². The maximum Gasteiger partial charge on any atom is 0.251 e. The molecule has 5 unspecified atom stereocenters. The lowest BCUT2D eigenvalue weighted by atomic mass is 9.54. The summed E-state index contributed by atoms with van der Waals surface area (Å²) in [5.41, 5.74) is 3.77. The number of hydrogen-bond acceptors (Lipinski definition) is 2. The second-order valence-electron chi connectivity index (χ2n) is 11.7. The highest BCUT2D eigenvalue weighted by atomic mass is 16.1. The largest absolute Gasteiger partial charge is 0.348 e. The van der Waals surface area contributed by atoms with E-state index in [4.69, 9.17) is 0 Å². The molecule has 0 aromatic heterocycles. The van der Waals surface area contributed by atoms with Crippen LogP contribution in [0.1, 0.15) is 83.0 Å². The van der Waals surface area contributed by atoms with Gasteiger partial charge in [-0.1, -0.05) is 69.2 Å². The summed E-state index contributed by atoms with van der Waals surface area (Å²) < 4.78 is 0. The Hall–Kier alpha value is -2.16. The van der Waals surface area contributed by atoms with E-state index in [0.29, 0.717) is 17.6 Å². The molecule has 2 saturated carbocycles. The van der Waals surface area contributed by atoms with Gasteiger partial charge < -0.3 is 5.32 Å². The maximum absolute atomic E-state index is 12.9. The van der Waals surface area contributed by atoms with Gasteiger partial charge in [0.05, 0.1) is 0 Å². The highest BCUT2D eigenvalue weighted by Crippen LogP contribution is 2.64. The molecule has 0 bridgehead atoms.